The molecule has 6 heteroatoms. The molecular formula is C12H25ClN2O2S. The van der Waals surface area contributed by atoms with Crippen LogP contribution in [0.2, 0.25) is 0 Å². The Morgan fingerprint density at radius 1 is 1.22 bits per heavy atom. The molecule has 4 nitrogen and oxygen atoms in total. The summed E-state index contributed by atoms with van der Waals surface area (Å²) in [5.74, 6) is 0.846. The van der Waals surface area contributed by atoms with E-state index in [1.54, 1.807) is 0 Å². The predicted molar refractivity (Wildman–Crippen MR) is 76.5 cm³/mol. The Kier molecular flexibility index (Phi) is 6.92. The SMILES string of the molecule is CC(CNS(=O)(=O)CC(C)CCl)CN1CCCC1. The topological polar surface area (TPSA) is 49.4 Å². The molecule has 2 atom stereocenters. The lowest BCUT2D eigenvalue weighted by molar-refractivity contribution is 0.288. The first-order chi connectivity index (χ1) is 8.43. The van der Waals surface area contributed by atoms with E-state index in [0.717, 1.165) is 19.6 Å². The molecule has 18 heavy (non-hydrogen) atoms. The smallest absolute Gasteiger partial charge is 0.211 e. The number of sulfonamides is 1. The van der Waals surface area contributed by atoms with E-state index in [2.05, 4.69) is 16.5 Å². The molecule has 0 aromatic rings. The number of likely N-dealkylation sites (tertiary alicyclic amines) is 1. The van der Waals surface area contributed by atoms with Crippen molar-refractivity contribution in [1.82, 2.24) is 9.62 Å². The van der Waals surface area contributed by atoms with Crippen molar-refractivity contribution in [3.05, 3.63) is 0 Å². The molecule has 0 radical (unpaired) electrons. The molecule has 1 heterocycles. The van der Waals surface area contributed by atoms with E-state index in [4.69, 9.17) is 11.6 Å². The minimum absolute atomic E-state index is 0.00180. The minimum Gasteiger partial charge on any atom is -0.303 e. The Hall–Kier alpha value is 0.160. The summed E-state index contributed by atoms with van der Waals surface area (Å²) in [4.78, 5) is 2.40. The monoisotopic (exact) mass is 296 g/mol. The molecule has 0 aliphatic carbocycles. The van der Waals surface area contributed by atoms with Crippen molar-refractivity contribution in [3.63, 3.8) is 0 Å². The maximum atomic E-state index is 11.8. The molecule has 0 saturated carbocycles. The molecule has 1 rings (SSSR count). The molecule has 1 N–H and O–H groups in total. The number of hydrogen-bond acceptors (Lipinski definition) is 3. The second-order valence-corrected chi connectivity index (χ2v) is 7.66. The van der Waals surface area contributed by atoms with Crippen molar-refractivity contribution in [2.24, 2.45) is 11.8 Å². The van der Waals surface area contributed by atoms with Gasteiger partial charge in [-0.2, -0.15) is 0 Å². The molecule has 1 fully saturated rings. The Morgan fingerprint density at radius 3 is 2.39 bits per heavy atom. The second-order valence-electron chi connectivity index (χ2n) is 5.50. The summed E-state index contributed by atoms with van der Waals surface area (Å²) in [7, 11) is -3.17. The van der Waals surface area contributed by atoms with Crippen molar-refractivity contribution >= 4 is 21.6 Å². The van der Waals surface area contributed by atoms with Crippen LogP contribution in [0, 0.1) is 11.8 Å². The van der Waals surface area contributed by atoms with Crippen molar-refractivity contribution in [3.8, 4) is 0 Å². The van der Waals surface area contributed by atoms with Gasteiger partial charge in [0.2, 0.25) is 10.0 Å². The second kappa shape index (κ2) is 7.68. The zero-order valence-electron chi connectivity index (χ0n) is 11.4. The third-order valence-electron chi connectivity index (χ3n) is 3.19. The Labute approximate surface area is 116 Å². The Balaban J connectivity index is 2.25. The molecule has 0 aromatic heterocycles. The molecule has 108 valence electrons. The molecule has 0 bridgehead atoms. The summed E-state index contributed by atoms with van der Waals surface area (Å²) >= 11 is 5.64. The normalized spacial score (nSPS) is 21.1. The van der Waals surface area contributed by atoms with Gasteiger partial charge in [-0.1, -0.05) is 13.8 Å². The number of nitrogens with zero attached hydrogens (tertiary/aromatic N) is 1. The summed E-state index contributed by atoms with van der Waals surface area (Å²) < 4.78 is 26.2. The highest BCUT2D eigenvalue weighted by atomic mass is 35.5. The molecule has 0 amide bonds. The van der Waals surface area contributed by atoms with Crippen molar-refractivity contribution < 1.29 is 8.42 Å². The average molecular weight is 297 g/mol. The fraction of sp³-hybridized carbons (Fsp3) is 1.00. The van der Waals surface area contributed by atoms with E-state index in [9.17, 15) is 8.42 Å². The first-order valence-corrected chi connectivity index (χ1v) is 8.87. The minimum atomic E-state index is -3.17. The van der Waals surface area contributed by atoms with Crippen molar-refractivity contribution in [1.29, 1.82) is 0 Å². The van der Waals surface area contributed by atoms with Crippen LogP contribution in [0.4, 0.5) is 0 Å². The van der Waals surface area contributed by atoms with Gasteiger partial charge in [-0.25, -0.2) is 13.1 Å². The zero-order chi connectivity index (χ0) is 13.6. The highest BCUT2D eigenvalue weighted by molar-refractivity contribution is 7.89. The Bertz CT molecular complexity index is 329. The fourth-order valence-corrected chi connectivity index (χ4v) is 3.98. The van der Waals surface area contributed by atoms with Crippen LogP contribution in [0.3, 0.4) is 0 Å². The quantitative estimate of drug-likeness (QED) is 0.691. The fourth-order valence-electron chi connectivity index (χ4n) is 2.22. The van der Waals surface area contributed by atoms with Crippen LogP contribution in [0.15, 0.2) is 0 Å². The van der Waals surface area contributed by atoms with Gasteiger partial charge in [0.15, 0.2) is 0 Å². The van der Waals surface area contributed by atoms with Gasteiger partial charge >= 0.3 is 0 Å². The van der Waals surface area contributed by atoms with Gasteiger partial charge in [-0.3, -0.25) is 0 Å². The van der Waals surface area contributed by atoms with Gasteiger partial charge in [0, 0.05) is 19.0 Å². The van der Waals surface area contributed by atoms with Crippen LogP contribution < -0.4 is 4.72 Å². The van der Waals surface area contributed by atoms with Crippen LogP contribution in [-0.2, 0) is 10.0 Å². The van der Waals surface area contributed by atoms with Crippen LogP contribution in [0.1, 0.15) is 26.7 Å². The largest absolute Gasteiger partial charge is 0.303 e. The van der Waals surface area contributed by atoms with E-state index >= 15 is 0 Å². The summed E-state index contributed by atoms with van der Waals surface area (Å²) in [6, 6.07) is 0. The molecule has 1 aliphatic heterocycles. The van der Waals surface area contributed by atoms with Crippen LogP contribution in [-0.4, -0.2) is 51.1 Å². The highest BCUT2D eigenvalue weighted by Crippen LogP contribution is 2.10. The van der Waals surface area contributed by atoms with Gasteiger partial charge in [-0.15, -0.1) is 11.6 Å². The van der Waals surface area contributed by atoms with Crippen LogP contribution in [0.25, 0.3) is 0 Å². The van der Waals surface area contributed by atoms with E-state index in [-0.39, 0.29) is 11.7 Å². The standard InChI is InChI=1S/C12H25ClN2O2S/c1-11(7-13)10-18(16,17)14-8-12(2)9-15-5-3-4-6-15/h11-12,14H,3-10H2,1-2H3. The Morgan fingerprint density at radius 2 is 1.83 bits per heavy atom. The van der Waals surface area contributed by atoms with Gasteiger partial charge in [0.1, 0.15) is 0 Å². The van der Waals surface area contributed by atoms with Crippen LogP contribution >= 0.6 is 11.6 Å². The maximum Gasteiger partial charge on any atom is 0.211 e. The average Bonchev–Trinajstić information content (AvgIpc) is 2.78. The first kappa shape index (κ1) is 16.2. The van der Waals surface area contributed by atoms with E-state index in [0.29, 0.717) is 18.3 Å². The number of hydrogen-bond donors (Lipinski definition) is 1. The van der Waals surface area contributed by atoms with Crippen molar-refractivity contribution in [2.75, 3.05) is 37.8 Å². The van der Waals surface area contributed by atoms with Gasteiger partial charge < -0.3 is 4.90 Å². The van der Waals surface area contributed by atoms with Gasteiger partial charge in [0.05, 0.1) is 5.75 Å². The van der Waals surface area contributed by atoms with Crippen LogP contribution in [0.5, 0.6) is 0 Å². The highest BCUT2D eigenvalue weighted by Gasteiger charge is 2.18. The number of alkyl halides is 1. The lowest BCUT2D eigenvalue weighted by atomic mass is 10.2. The molecule has 0 spiro atoms. The maximum absolute atomic E-state index is 11.8. The van der Waals surface area contributed by atoms with Gasteiger partial charge in [0.25, 0.3) is 0 Å². The molecule has 0 aromatic carbocycles. The molecule has 1 aliphatic rings. The van der Waals surface area contributed by atoms with Gasteiger partial charge in [-0.05, 0) is 37.8 Å². The lowest BCUT2D eigenvalue weighted by Gasteiger charge is -2.20. The molecular weight excluding hydrogens is 272 g/mol. The summed E-state index contributed by atoms with van der Waals surface area (Å²) in [6.07, 6.45) is 2.54. The molecule has 2 unspecified atom stereocenters. The summed E-state index contributed by atoms with van der Waals surface area (Å²) in [5.41, 5.74) is 0. The third-order valence-corrected chi connectivity index (χ3v) is 5.33. The van der Waals surface area contributed by atoms with Crippen molar-refractivity contribution in [2.45, 2.75) is 26.7 Å². The lowest BCUT2D eigenvalue weighted by Crippen LogP contribution is -2.36. The number of rotatable bonds is 8. The first-order valence-electron chi connectivity index (χ1n) is 6.68. The molecule has 1 saturated heterocycles. The summed E-state index contributed by atoms with van der Waals surface area (Å²) in [6.45, 7) is 7.74. The summed E-state index contributed by atoms with van der Waals surface area (Å²) in [5, 5.41) is 0. The van der Waals surface area contributed by atoms with E-state index < -0.39 is 10.0 Å². The number of nitrogens with one attached hydrogen (secondary N) is 1. The van der Waals surface area contributed by atoms with E-state index in [1.807, 2.05) is 6.92 Å². The number of halogens is 1. The third kappa shape index (κ3) is 6.36. The van der Waals surface area contributed by atoms with E-state index in [1.165, 1.54) is 12.8 Å². The predicted octanol–water partition coefficient (Wildman–Crippen LogP) is 1.51. The zero-order valence-corrected chi connectivity index (χ0v) is 12.9.